The normalized spacial score (nSPS) is 11.0. The predicted molar refractivity (Wildman–Crippen MR) is 99.1 cm³/mol. The van der Waals surface area contributed by atoms with E-state index in [-0.39, 0.29) is 23.4 Å². The van der Waals surface area contributed by atoms with Gasteiger partial charge in [-0.25, -0.2) is 9.78 Å². The zero-order valence-corrected chi connectivity index (χ0v) is 14.5. The Balaban J connectivity index is 1.59. The second-order valence-corrected chi connectivity index (χ2v) is 6.67. The Kier molecular flexibility index (Phi) is 4.13. The quantitative estimate of drug-likeness (QED) is 0.305. The molecular formula is C18H11N3O5S. The fraction of sp³-hybridized carbons (Fsp3) is 0.0556. The van der Waals surface area contributed by atoms with Crippen LogP contribution in [0.15, 0.2) is 59.4 Å². The standard InChI is InChI=1S/C18H11N3O5S/c22-16-9-12(19-18-20(16)14-6-1-2-7-15(14)27-18)10-26-17(23)11-4-3-5-13(8-11)21(24)25/h1-9H,10H2. The maximum atomic E-state index is 12.4. The third-order valence-corrected chi connectivity index (χ3v) is 4.91. The van der Waals surface area contributed by atoms with E-state index >= 15 is 0 Å². The Bertz CT molecular complexity index is 1260. The molecule has 134 valence electrons. The Hall–Kier alpha value is -3.59. The summed E-state index contributed by atoms with van der Waals surface area (Å²) >= 11 is 1.36. The molecule has 0 fully saturated rings. The number of carbonyl (C=O) groups is 1. The van der Waals surface area contributed by atoms with E-state index < -0.39 is 10.9 Å². The van der Waals surface area contributed by atoms with Crippen molar-refractivity contribution in [2.75, 3.05) is 0 Å². The number of hydrogen-bond donors (Lipinski definition) is 0. The predicted octanol–water partition coefficient (Wildman–Crippen LogP) is 3.17. The molecule has 0 N–H and O–H groups in total. The van der Waals surface area contributed by atoms with Crippen LogP contribution in [0.1, 0.15) is 16.1 Å². The van der Waals surface area contributed by atoms with Crippen LogP contribution in [-0.4, -0.2) is 20.3 Å². The van der Waals surface area contributed by atoms with Crippen LogP contribution in [0.5, 0.6) is 0 Å². The van der Waals surface area contributed by atoms with Crippen LogP contribution in [0.25, 0.3) is 15.2 Å². The van der Waals surface area contributed by atoms with Crippen LogP contribution in [0.2, 0.25) is 0 Å². The lowest BCUT2D eigenvalue weighted by Gasteiger charge is -2.05. The summed E-state index contributed by atoms with van der Waals surface area (Å²) in [5, 5.41) is 10.8. The first-order valence-corrected chi connectivity index (χ1v) is 8.66. The van der Waals surface area contributed by atoms with Gasteiger partial charge in [-0.15, -0.1) is 0 Å². The summed E-state index contributed by atoms with van der Waals surface area (Å²) in [5.41, 5.74) is 0.677. The second-order valence-electron chi connectivity index (χ2n) is 5.66. The van der Waals surface area contributed by atoms with Crippen molar-refractivity contribution < 1.29 is 14.5 Å². The van der Waals surface area contributed by atoms with E-state index in [9.17, 15) is 19.7 Å². The number of non-ortho nitro benzene ring substituents is 1. The molecule has 27 heavy (non-hydrogen) atoms. The minimum Gasteiger partial charge on any atom is -0.456 e. The molecule has 0 saturated carbocycles. The number of thiazole rings is 1. The summed E-state index contributed by atoms with van der Waals surface area (Å²) in [4.78, 5) is 39.6. The summed E-state index contributed by atoms with van der Waals surface area (Å²) in [5.74, 6) is -0.725. The topological polar surface area (TPSA) is 104 Å². The molecule has 0 aliphatic carbocycles. The number of nitro benzene ring substituents is 1. The highest BCUT2D eigenvalue weighted by Crippen LogP contribution is 2.23. The van der Waals surface area contributed by atoms with Crippen LogP contribution >= 0.6 is 11.3 Å². The van der Waals surface area contributed by atoms with Crippen molar-refractivity contribution in [1.29, 1.82) is 0 Å². The lowest BCUT2D eigenvalue weighted by molar-refractivity contribution is -0.384. The molecule has 0 saturated heterocycles. The van der Waals surface area contributed by atoms with E-state index in [4.69, 9.17) is 4.74 Å². The molecule has 2 heterocycles. The highest BCUT2D eigenvalue weighted by molar-refractivity contribution is 7.23. The molecule has 2 aromatic carbocycles. The Morgan fingerprint density at radius 2 is 2.00 bits per heavy atom. The number of fused-ring (bicyclic) bond motifs is 3. The van der Waals surface area contributed by atoms with Crippen LogP contribution in [0, 0.1) is 10.1 Å². The molecule has 8 nitrogen and oxygen atoms in total. The lowest BCUT2D eigenvalue weighted by Crippen LogP contribution is -2.15. The molecule has 0 aliphatic rings. The van der Waals surface area contributed by atoms with Crippen molar-refractivity contribution in [1.82, 2.24) is 9.38 Å². The van der Waals surface area contributed by atoms with E-state index in [2.05, 4.69) is 4.98 Å². The second kappa shape index (κ2) is 6.61. The first-order chi connectivity index (χ1) is 13.0. The maximum Gasteiger partial charge on any atom is 0.338 e. The molecule has 0 aliphatic heterocycles. The highest BCUT2D eigenvalue weighted by atomic mass is 32.1. The summed E-state index contributed by atoms with van der Waals surface area (Å²) < 4.78 is 7.59. The molecule has 0 bridgehead atoms. The van der Waals surface area contributed by atoms with Crippen molar-refractivity contribution in [3.8, 4) is 0 Å². The third-order valence-electron chi connectivity index (χ3n) is 3.89. The summed E-state index contributed by atoms with van der Waals surface area (Å²) in [6.07, 6.45) is 0. The van der Waals surface area contributed by atoms with Gasteiger partial charge in [0.2, 0.25) is 0 Å². The number of rotatable bonds is 4. The highest BCUT2D eigenvalue weighted by Gasteiger charge is 2.14. The van der Waals surface area contributed by atoms with Gasteiger partial charge in [0.25, 0.3) is 11.2 Å². The maximum absolute atomic E-state index is 12.4. The number of nitro groups is 1. The third kappa shape index (κ3) is 3.15. The number of hydrogen-bond acceptors (Lipinski definition) is 7. The molecule has 0 atom stereocenters. The van der Waals surface area contributed by atoms with Crippen LogP contribution in [0.3, 0.4) is 0 Å². The van der Waals surface area contributed by atoms with E-state index in [1.54, 1.807) is 0 Å². The lowest BCUT2D eigenvalue weighted by atomic mass is 10.2. The summed E-state index contributed by atoms with van der Waals surface area (Å²) in [6, 6.07) is 14.0. The number of carbonyl (C=O) groups excluding carboxylic acids is 1. The molecule has 0 amide bonds. The van der Waals surface area contributed by atoms with Gasteiger partial charge in [0.1, 0.15) is 6.61 Å². The van der Waals surface area contributed by atoms with Gasteiger partial charge in [0.05, 0.1) is 26.4 Å². The average Bonchev–Trinajstić information content (AvgIpc) is 3.05. The Labute approximate surface area is 155 Å². The number of esters is 1. The van der Waals surface area contributed by atoms with Gasteiger partial charge < -0.3 is 4.74 Å². The fourth-order valence-corrected chi connectivity index (χ4v) is 3.72. The summed E-state index contributed by atoms with van der Waals surface area (Å²) in [6.45, 7) is -0.207. The molecule has 0 unspecified atom stereocenters. The average molecular weight is 381 g/mol. The van der Waals surface area contributed by atoms with E-state index in [0.717, 1.165) is 16.3 Å². The van der Waals surface area contributed by atoms with Crippen LogP contribution in [0.4, 0.5) is 5.69 Å². The molecule has 4 rings (SSSR count). The smallest absolute Gasteiger partial charge is 0.338 e. The van der Waals surface area contributed by atoms with Gasteiger partial charge in [-0.2, -0.15) is 0 Å². The van der Waals surface area contributed by atoms with Crippen LogP contribution < -0.4 is 5.56 Å². The van der Waals surface area contributed by atoms with E-state index in [0.29, 0.717) is 10.7 Å². The number of ether oxygens (including phenoxy) is 1. The molecule has 2 aromatic heterocycles. The van der Waals surface area contributed by atoms with E-state index in [1.165, 1.54) is 40.0 Å². The molecule has 0 spiro atoms. The van der Waals surface area contributed by atoms with Gasteiger partial charge in [-0.3, -0.25) is 19.3 Å². The van der Waals surface area contributed by atoms with Crippen molar-refractivity contribution in [2.45, 2.75) is 6.61 Å². The number of aromatic nitrogens is 2. The Morgan fingerprint density at radius 1 is 1.19 bits per heavy atom. The molecule has 4 aromatic rings. The molecular weight excluding hydrogens is 370 g/mol. The minimum absolute atomic E-state index is 0.0591. The minimum atomic E-state index is -0.725. The molecule has 9 heteroatoms. The largest absolute Gasteiger partial charge is 0.456 e. The van der Waals surface area contributed by atoms with Gasteiger partial charge in [-0.1, -0.05) is 29.5 Å². The first kappa shape index (κ1) is 16.9. The number of benzene rings is 2. The zero-order chi connectivity index (χ0) is 19.0. The number of para-hydroxylation sites is 1. The van der Waals surface area contributed by atoms with Crippen molar-refractivity contribution in [3.05, 3.63) is 86.3 Å². The Morgan fingerprint density at radius 3 is 2.81 bits per heavy atom. The van der Waals surface area contributed by atoms with Gasteiger partial charge >= 0.3 is 5.97 Å². The SMILES string of the molecule is O=C(OCc1cc(=O)n2c(n1)sc1ccccc12)c1cccc([N+](=O)[O-])c1. The fourth-order valence-electron chi connectivity index (χ4n) is 2.67. The van der Waals surface area contributed by atoms with Crippen molar-refractivity contribution >= 4 is 38.2 Å². The van der Waals surface area contributed by atoms with Gasteiger partial charge in [0.15, 0.2) is 4.96 Å². The van der Waals surface area contributed by atoms with Gasteiger partial charge in [0, 0.05) is 18.2 Å². The number of nitrogens with zero attached hydrogens (tertiary/aromatic N) is 3. The van der Waals surface area contributed by atoms with Gasteiger partial charge in [-0.05, 0) is 18.2 Å². The van der Waals surface area contributed by atoms with Crippen molar-refractivity contribution in [3.63, 3.8) is 0 Å². The van der Waals surface area contributed by atoms with E-state index in [1.807, 2.05) is 24.3 Å². The van der Waals surface area contributed by atoms with Crippen molar-refractivity contribution in [2.24, 2.45) is 0 Å². The monoisotopic (exact) mass is 381 g/mol. The molecule has 0 radical (unpaired) electrons. The van der Waals surface area contributed by atoms with Crippen LogP contribution in [-0.2, 0) is 11.3 Å². The summed E-state index contributed by atoms with van der Waals surface area (Å²) in [7, 11) is 0. The zero-order valence-electron chi connectivity index (χ0n) is 13.7. The first-order valence-electron chi connectivity index (χ1n) is 7.85.